The maximum atomic E-state index is 14.1. The second-order valence-corrected chi connectivity index (χ2v) is 11.5. The van der Waals surface area contributed by atoms with Crippen LogP contribution in [0.4, 0.5) is 19.7 Å². The molecule has 1 aliphatic heterocycles. The zero-order chi connectivity index (χ0) is 26.9. The van der Waals surface area contributed by atoms with Gasteiger partial charge in [-0.05, 0) is 49.2 Å². The number of pyridine rings is 2. The van der Waals surface area contributed by atoms with Gasteiger partial charge >= 0.3 is 0 Å². The molecule has 0 unspecified atom stereocenters. The molecule has 1 saturated heterocycles. The third-order valence-electron chi connectivity index (χ3n) is 6.16. The molecule has 196 valence electrons. The van der Waals surface area contributed by atoms with Gasteiger partial charge in [-0.1, -0.05) is 17.4 Å². The lowest BCUT2D eigenvalue weighted by molar-refractivity contribution is 0.103. The van der Waals surface area contributed by atoms with Crippen LogP contribution >= 0.6 is 11.3 Å². The molecule has 5 rings (SSSR count). The van der Waals surface area contributed by atoms with Gasteiger partial charge in [0.05, 0.1) is 11.3 Å². The van der Waals surface area contributed by atoms with Crippen LogP contribution in [0.3, 0.4) is 0 Å². The van der Waals surface area contributed by atoms with Gasteiger partial charge in [0.25, 0.3) is 0 Å². The van der Waals surface area contributed by atoms with Crippen molar-refractivity contribution in [3.63, 3.8) is 0 Å². The van der Waals surface area contributed by atoms with E-state index in [2.05, 4.69) is 20.3 Å². The zero-order valence-corrected chi connectivity index (χ0v) is 21.5. The van der Waals surface area contributed by atoms with Gasteiger partial charge in [-0.15, -0.1) is 0 Å². The number of hydrogen-bond acceptors (Lipinski definition) is 9. The summed E-state index contributed by atoms with van der Waals surface area (Å²) in [7, 11) is -3.73. The van der Waals surface area contributed by atoms with E-state index in [1.807, 2.05) is 6.07 Å². The Labute approximate surface area is 221 Å². The molecule has 0 radical (unpaired) electrons. The number of rotatable bonds is 7. The molecule has 3 aromatic heterocycles. The van der Waals surface area contributed by atoms with E-state index in [1.54, 1.807) is 24.5 Å². The van der Waals surface area contributed by atoms with Crippen LogP contribution in [0.5, 0.6) is 0 Å². The van der Waals surface area contributed by atoms with E-state index < -0.39 is 33.0 Å². The minimum absolute atomic E-state index is 0.0706. The molecule has 0 atom stereocenters. The summed E-state index contributed by atoms with van der Waals surface area (Å²) in [4.78, 5) is 25.2. The summed E-state index contributed by atoms with van der Waals surface area (Å²) in [5, 5.41) is 3.48. The summed E-state index contributed by atoms with van der Waals surface area (Å²) in [6.07, 6.45) is 5.60. The van der Waals surface area contributed by atoms with Crippen molar-refractivity contribution in [1.82, 2.24) is 19.3 Å². The van der Waals surface area contributed by atoms with Crippen molar-refractivity contribution >= 4 is 38.1 Å². The van der Waals surface area contributed by atoms with Gasteiger partial charge in [-0.25, -0.2) is 22.2 Å². The van der Waals surface area contributed by atoms with E-state index in [0.29, 0.717) is 23.7 Å². The molecule has 1 fully saturated rings. The number of carbonyl (C=O) groups excluding carboxylic acids is 1. The lowest BCUT2D eigenvalue weighted by Gasteiger charge is -2.31. The molecule has 1 aliphatic rings. The minimum Gasteiger partial charge on any atom is -0.382 e. The van der Waals surface area contributed by atoms with Crippen LogP contribution in [0.1, 0.15) is 28.1 Å². The van der Waals surface area contributed by atoms with Crippen LogP contribution in [0.2, 0.25) is 0 Å². The Bertz CT molecular complexity index is 1550. The largest absolute Gasteiger partial charge is 0.382 e. The van der Waals surface area contributed by atoms with Gasteiger partial charge in [0.15, 0.2) is 5.13 Å². The summed E-state index contributed by atoms with van der Waals surface area (Å²) >= 11 is 0.902. The van der Waals surface area contributed by atoms with Crippen molar-refractivity contribution in [2.45, 2.75) is 23.8 Å². The predicted molar refractivity (Wildman–Crippen MR) is 139 cm³/mol. The number of ketones is 1. The molecule has 38 heavy (non-hydrogen) atoms. The highest BCUT2D eigenvalue weighted by Gasteiger charge is 2.31. The number of sulfonamides is 1. The quantitative estimate of drug-likeness (QED) is 0.327. The maximum absolute atomic E-state index is 14.1. The number of hydrogen-bond donors (Lipinski definition) is 2. The number of aromatic nitrogens is 3. The van der Waals surface area contributed by atoms with E-state index in [0.717, 1.165) is 29.0 Å². The highest BCUT2D eigenvalue weighted by molar-refractivity contribution is 7.89. The number of nitrogens with one attached hydrogen (secondary N) is 1. The number of nitrogens with zero attached hydrogens (tertiary/aromatic N) is 4. The topological polar surface area (TPSA) is 131 Å². The number of nitrogen functional groups attached to an aromatic ring is 1. The van der Waals surface area contributed by atoms with Crippen molar-refractivity contribution in [2.75, 3.05) is 24.1 Å². The second-order valence-electron chi connectivity index (χ2n) is 8.60. The monoisotopic (exact) mass is 556 g/mol. The Morgan fingerprint density at radius 3 is 2.42 bits per heavy atom. The molecule has 0 amide bonds. The summed E-state index contributed by atoms with van der Waals surface area (Å²) in [6, 6.07) is 9.84. The Morgan fingerprint density at radius 2 is 1.79 bits per heavy atom. The van der Waals surface area contributed by atoms with Gasteiger partial charge in [0, 0.05) is 43.3 Å². The second kappa shape index (κ2) is 10.5. The number of thiazole rings is 1. The average Bonchev–Trinajstić information content (AvgIpc) is 3.29. The molecule has 3 N–H and O–H groups in total. The first-order valence-electron chi connectivity index (χ1n) is 11.6. The van der Waals surface area contributed by atoms with Crippen LogP contribution in [0, 0.1) is 11.6 Å². The van der Waals surface area contributed by atoms with Gasteiger partial charge in [-0.2, -0.15) is 4.31 Å². The maximum Gasteiger partial charge on any atom is 0.244 e. The molecular formula is C25H22F2N6O3S2. The molecule has 1 aromatic carbocycles. The molecule has 0 spiro atoms. The average molecular weight is 557 g/mol. The van der Waals surface area contributed by atoms with Crippen LogP contribution < -0.4 is 11.1 Å². The minimum atomic E-state index is -3.73. The van der Waals surface area contributed by atoms with Gasteiger partial charge < -0.3 is 11.1 Å². The highest BCUT2D eigenvalue weighted by atomic mass is 32.2. The molecular weight excluding hydrogens is 534 g/mol. The first kappa shape index (κ1) is 25.8. The third-order valence-corrected chi connectivity index (χ3v) is 9.05. The fourth-order valence-electron chi connectivity index (χ4n) is 4.17. The van der Waals surface area contributed by atoms with Gasteiger partial charge in [-0.3, -0.25) is 14.8 Å². The summed E-state index contributed by atoms with van der Waals surface area (Å²) < 4.78 is 55.8. The number of halogens is 2. The summed E-state index contributed by atoms with van der Waals surface area (Å²) in [5.74, 6) is -2.97. The summed E-state index contributed by atoms with van der Waals surface area (Å²) in [5.41, 5.74) is 6.60. The fourth-order valence-corrected chi connectivity index (χ4v) is 6.49. The van der Waals surface area contributed by atoms with Crippen molar-refractivity contribution in [3.05, 3.63) is 83.1 Å². The fraction of sp³-hybridized carbons (Fsp3) is 0.200. The standard InChI is InChI=1S/C25H22F2N6O3S2/c26-18-4-1-5-19(27)21(18)22(34)23-24(28)32-25(37-23)31-16-8-11-33(12-9-16)38(35,36)17-6-7-20(30-14-17)15-3-2-10-29-13-15/h1-7,10,13-14,16H,8-9,11-12,28H2,(H,31,32). The number of anilines is 2. The first-order valence-corrected chi connectivity index (χ1v) is 13.9. The zero-order valence-electron chi connectivity index (χ0n) is 19.8. The molecule has 0 bridgehead atoms. The summed E-state index contributed by atoms with van der Waals surface area (Å²) in [6.45, 7) is 0.523. The first-order chi connectivity index (χ1) is 18.2. The normalized spacial score (nSPS) is 14.9. The lowest BCUT2D eigenvalue weighted by atomic mass is 10.1. The van der Waals surface area contributed by atoms with Crippen LogP contribution in [0.15, 0.2) is 66.0 Å². The van der Waals surface area contributed by atoms with E-state index in [9.17, 15) is 22.0 Å². The van der Waals surface area contributed by atoms with E-state index in [1.165, 1.54) is 22.6 Å². The van der Waals surface area contributed by atoms with Crippen LogP contribution in [-0.4, -0.2) is 52.6 Å². The number of benzene rings is 1. The van der Waals surface area contributed by atoms with Crippen molar-refractivity contribution < 1.29 is 22.0 Å². The van der Waals surface area contributed by atoms with Crippen LogP contribution in [-0.2, 0) is 10.0 Å². The molecule has 0 aliphatic carbocycles. The number of nitrogens with two attached hydrogens (primary N) is 1. The Hall–Kier alpha value is -3.81. The Morgan fingerprint density at radius 1 is 1.05 bits per heavy atom. The van der Waals surface area contributed by atoms with E-state index >= 15 is 0 Å². The predicted octanol–water partition coefficient (Wildman–Crippen LogP) is 3.96. The molecule has 4 aromatic rings. The third kappa shape index (κ3) is 5.12. The smallest absolute Gasteiger partial charge is 0.244 e. The molecule has 4 heterocycles. The van der Waals surface area contributed by atoms with Crippen LogP contribution in [0.25, 0.3) is 11.3 Å². The molecule has 13 heteroatoms. The number of piperidine rings is 1. The van der Waals surface area contributed by atoms with E-state index in [4.69, 9.17) is 5.73 Å². The Kier molecular flexibility index (Phi) is 7.15. The van der Waals surface area contributed by atoms with E-state index in [-0.39, 0.29) is 34.7 Å². The number of carbonyl (C=O) groups is 1. The Balaban J connectivity index is 1.23. The molecule has 0 saturated carbocycles. The SMILES string of the molecule is Nc1nc(NC2CCN(S(=O)(=O)c3ccc(-c4cccnc4)nc3)CC2)sc1C(=O)c1c(F)cccc1F. The van der Waals surface area contributed by atoms with Crippen molar-refractivity contribution in [2.24, 2.45) is 0 Å². The van der Waals surface area contributed by atoms with Crippen molar-refractivity contribution in [1.29, 1.82) is 0 Å². The van der Waals surface area contributed by atoms with Crippen molar-refractivity contribution in [3.8, 4) is 11.3 Å². The highest BCUT2D eigenvalue weighted by Crippen LogP contribution is 2.31. The van der Waals surface area contributed by atoms with Gasteiger partial charge in [0.2, 0.25) is 15.8 Å². The lowest BCUT2D eigenvalue weighted by Crippen LogP contribution is -2.42. The van der Waals surface area contributed by atoms with Gasteiger partial charge in [0.1, 0.15) is 27.2 Å². The molecule has 9 nitrogen and oxygen atoms in total.